The average Bonchev–Trinajstić information content (AvgIpc) is 3.24. The maximum absolute atomic E-state index is 10.2. The normalized spacial score (nSPS) is 11.5. The van der Waals surface area contributed by atoms with Crippen molar-refractivity contribution in [2.45, 2.75) is 0 Å². The van der Waals surface area contributed by atoms with Gasteiger partial charge in [-0.05, 0) is 47.9 Å². The second-order valence-corrected chi connectivity index (χ2v) is 6.86. The van der Waals surface area contributed by atoms with E-state index in [1.807, 2.05) is 48.5 Å². The van der Waals surface area contributed by atoms with Gasteiger partial charge in [-0.25, -0.2) is 4.98 Å². The Morgan fingerprint density at radius 2 is 1.77 bits per heavy atom. The number of nitrogens with zero attached hydrogens (tertiary/aromatic N) is 2. The van der Waals surface area contributed by atoms with Crippen molar-refractivity contribution < 1.29 is 14.3 Å². The highest BCUT2D eigenvalue weighted by molar-refractivity contribution is 6.04. The van der Waals surface area contributed by atoms with Gasteiger partial charge in [-0.3, -0.25) is 4.99 Å². The highest BCUT2D eigenvalue weighted by Crippen LogP contribution is 2.31. The maximum Gasteiger partial charge on any atom is 0.227 e. The Kier molecular flexibility index (Phi) is 4.41. The molecule has 0 amide bonds. The molecule has 0 saturated carbocycles. The number of methoxy groups -OCH3 is 1. The van der Waals surface area contributed by atoms with Gasteiger partial charge in [0.2, 0.25) is 5.89 Å². The lowest BCUT2D eigenvalue weighted by Gasteiger charge is -2.04. The molecule has 5 aromatic rings. The van der Waals surface area contributed by atoms with Gasteiger partial charge in [0.1, 0.15) is 5.52 Å². The average molecular weight is 394 g/mol. The molecule has 146 valence electrons. The quantitative estimate of drug-likeness (QED) is 0.373. The Morgan fingerprint density at radius 3 is 2.60 bits per heavy atom. The summed E-state index contributed by atoms with van der Waals surface area (Å²) in [5.41, 5.74) is 3.84. The molecule has 4 aromatic carbocycles. The number of fused-ring (bicyclic) bond motifs is 3. The van der Waals surface area contributed by atoms with Crippen molar-refractivity contribution in [3.05, 3.63) is 84.4 Å². The summed E-state index contributed by atoms with van der Waals surface area (Å²) < 4.78 is 11.1. The first-order valence-electron chi connectivity index (χ1n) is 9.52. The molecule has 0 radical (unpaired) electrons. The van der Waals surface area contributed by atoms with Crippen molar-refractivity contribution in [1.82, 2.24) is 4.98 Å². The fraction of sp³-hybridized carbons (Fsp3) is 0.0400. The number of aliphatic imine (C=N–C) groups is 1. The first-order chi connectivity index (χ1) is 14.7. The van der Waals surface area contributed by atoms with Crippen molar-refractivity contribution in [2.24, 2.45) is 4.99 Å². The number of hydrogen-bond acceptors (Lipinski definition) is 5. The third kappa shape index (κ3) is 3.16. The molecule has 0 aliphatic carbocycles. The van der Waals surface area contributed by atoms with Crippen LogP contribution in [0.25, 0.3) is 33.3 Å². The first kappa shape index (κ1) is 17.9. The SMILES string of the molecule is COc1cccc(C=Nc2ccc(-c3nc4c(ccc5ccccc54)o3)cc2)c1O. The van der Waals surface area contributed by atoms with Crippen molar-refractivity contribution >= 4 is 33.8 Å². The molecule has 5 heteroatoms. The molecule has 1 N–H and O–H groups in total. The van der Waals surface area contributed by atoms with Crippen molar-refractivity contribution in [1.29, 1.82) is 0 Å². The van der Waals surface area contributed by atoms with E-state index in [4.69, 9.17) is 14.1 Å². The summed E-state index contributed by atoms with van der Waals surface area (Å²) in [4.78, 5) is 9.15. The molecule has 0 aliphatic heterocycles. The fourth-order valence-electron chi connectivity index (χ4n) is 3.43. The van der Waals surface area contributed by atoms with E-state index in [2.05, 4.69) is 17.1 Å². The number of aromatic nitrogens is 1. The standard InChI is InChI=1S/C25H18N2O3/c1-29-22-8-4-6-18(24(22)28)15-26-19-12-9-17(10-13-19)25-27-23-20-7-3-2-5-16(20)11-14-21(23)30-25/h2-15,28H,1H3. The minimum Gasteiger partial charge on any atom is -0.504 e. The van der Waals surface area contributed by atoms with E-state index in [9.17, 15) is 5.11 Å². The summed E-state index contributed by atoms with van der Waals surface area (Å²) in [6.45, 7) is 0. The van der Waals surface area contributed by atoms with Gasteiger partial charge in [0.15, 0.2) is 17.1 Å². The molecule has 5 rings (SSSR count). The largest absolute Gasteiger partial charge is 0.504 e. The number of aromatic hydroxyl groups is 1. The Morgan fingerprint density at radius 1 is 0.933 bits per heavy atom. The summed E-state index contributed by atoms with van der Waals surface area (Å²) in [5, 5.41) is 12.4. The van der Waals surface area contributed by atoms with Gasteiger partial charge < -0.3 is 14.3 Å². The van der Waals surface area contributed by atoms with E-state index in [1.165, 1.54) is 7.11 Å². The molecule has 0 aliphatic rings. The summed E-state index contributed by atoms with van der Waals surface area (Å²) in [7, 11) is 1.52. The molecule has 0 bridgehead atoms. The van der Waals surface area contributed by atoms with E-state index in [0.717, 1.165) is 33.1 Å². The van der Waals surface area contributed by atoms with Crippen LogP contribution in [0.15, 0.2) is 88.3 Å². The highest BCUT2D eigenvalue weighted by Gasteiger charge is 2.11. The van der Waals surface area contributed by atoms with Crippen LogP contribution in [0.4, 0.5) is 5.69 Å². The lowest BCUT2D eigenvalue weighted by molar-refractivity contribution is 0.373. The monoisotopic (exact) mass is 394 g/mol. The van der Waals surface area contributed by atoms with E-state index in [-0.39, 0.29) is 5.75 Å². The fourth-order valence-corrected chi connectivity index (χ4v) is 3.43. The van der Waals surface area contributed by atoms with Crippen LogP contribution in [-0.2, 0) is 0 Å². The lowest BCUT2D eigenvalue weighted by Crippen LogP contribution is -1.88. The Bertz CT molecular complexity index is 1390. The molecule has 5 nitrogen and oxygen atoms in total. The molecule has 0 spiro atoms. The van der Waals surface area contributed by atoms with Crippen molar-refractivity contribution in [2.75, 3.05) is 7.11 Å². The zero-order chi connectivity index (χ0) is 20.5. The summed E-state index contributed by atoms with van der Waals surface area (Å²) in [5.74, 6) is 1.05. The number of hydrogen-bond donors (Lipinski definition) is 1. The molecule has 0 fully saturated rings. The number of phenolic OH excluding ortho intramolecular Hbond substituents is 1. The predicted octanol–water partition coefficient (Wildman–Crippen LogP) is 6.11. The second-order valence-electron chi connectivity index (χ2n) is 6.86. The van der Waals surface area contributed by atoms with Gasteiger partial charge in [-0.1, -0.05) is 36.4 Å². The molecule has 1 aromatic heterocycles. The van der Waals surface area contributed by atoms with E-state index < -0.39 is 0 Å². The summed E-state index contributed by atoms with van der Waals surface area (Å²) >= 11 is 0. The van der Waals surface area contributed by atoms with Crippen molar-refractivity contribution in [3.63, 3.8) is 0 Å². The molecule has 0 unspecified atom stereocenters. The van der Waals surface area contributed by atoms with Crippen LogP contribution >= 0.6 is 0 Å². The topological polar surface area (TPSA) is 67.9 Å². The minimum atomic E-state index is 0.0686. The minimum absolute atomic E-state index is 0.0686. The molecule has 30 heavy (non-hydrogen) atoms. The number of para-hydroxylation sites is 1. The van der Waals surface area contributed by atoms with E-state index in [1.54, 1.807) is 24.4 Å². The number of rotatable bonds is 4. The van der Waals surface area contributed by atoms with Crippen LogP contribution in [-0.4, -0.2) is 23.4 Å². The third-order valence-corrected chi connectivity index (χ3v) is 5.00. The Labute approximate surface area is 172 Å². The molecule has 1 heterocycles. The van der Waals surface area contributed by atoms with Crippen LogP contribution in [0.1, 0.15) is 5.56 Å². The van der Waals surface area contributed by atoms with Crippen LogP contribution in [0.5, 0.6) is 11.5 Å². The Hall–Kier alpha value is -4.12. The van der Waals surface area contributed by atoms with E-state index in [0.29, 0.717) is 17.2 Å². The molecular weight excluding hydrogens is 376 g/mol. The summed E-state index contributed by atoms with van der Waals surface area (Å²) in [6, 6.07) is 25.0. The third-order valence-electron chi connectivity index (χ3n) is 5.00. The van der Waals surface area contributed by atoms with Gasteiger partial charge >= 0.3 is 0 Å². The number of oxazole rings is 1. The van der Waals surface area contributed by atoms with Crippen LogP contribution in [0.3, 0.4) is 0 Å². The Balaban J connectivity index is 1.45. The van der Waals surface area contributed by atoms with E-state index >= 15 is 0 Å². The van der Waals surface area contributed by atoms with Gasteiger partial charge in [0, 0.05) is 22.7 Å². The second kappa shape index (κ2) is 7.37. The zero-order valence-corrected chi connectivity index (χ0v) is 16.2. The van der Waals surface area contributed by atoms with Crippen LogP contribution in [0.2, 0.25) is 0 Å². The van der Waals surface area contributed by atoms with Gasteiger partial charge in [0.05, 0.1) is 12.8 Å². The maximum atomic E-state index is 10.2. The number of phenols is 1. The molecule has 0 saturated heterocycles. The molecular formula is C25H18N2O3. The summed E-state index contributed by atoms with van der Waals surface area (Å²) in [6.07, 6.45) is 1.61. The first-order valence-corrected chi connectivity index (χ1v) is 9.52. The predicted molar refractivity (Wildman–Crippen MR) is 119 cm³/mol. The highest BCUT2D eigenvalue weighted by atomic mass is 16.5. The van der Waals surface area contributed by atoms with Crippen LogP contribution < -0.4 is 4.74 Å². The van der Waals surface area contributed by atoms with Crippen molar-refractivity contribution in [3.8, 4) is 23.0 Å². The van der Waals surface area contributed by atoms with Gasteiger partial charge in [-0.2, -0.15) is 0 Å². The number of ether oxygens (including phenoxy) is 1. The smallest absolute Gasteiger partial charge is 0.227 e. The van der Waals surface area contributed by atoms with Crippen LogP contribution in [0, 0.1) is 0 Å². The lowest BCUT2D eigenvalue weighted by atomic mass is 10.1. The molecule has 0 atom stereocenters. The van der Waals surface area contributed by atoms with Gasteiger partial charge in [0.25, 0.3) is 0 Å². The number of benzene rings is 4. The van der Waals surface area contributed by atoms with Gasteiger partial charge in [-0.15, -0.1) is 0 Å². The zero-order valence-electron chi connectivity index (χ0n) is 16.2.